The number of nitrogens with two attached hydrogens (primary N) is 1. The Morgan fingerprint density at radius 2 is 2.28 bits per heavy atom. The van der Waals surface area contributed by atoms with Crippen LogP contribution in [0.4, 0.5) is 5.82 Å². The van der Waals surface area contributed by atoms with Crippen LogP contribution in [0.25, 0.3) is 0 Å². The van der Waals surface area contributed by atoms with Gasteiger partial charge in [0.2, 0.25) is 5.16 Å². The monoisotopic (exact) mass is 531 g/mol. The van der Waals surface area contributed by atoms with Gasteiger partial charge in [0, 0.05) is 18.6 Å². The van der Waals surface area contributed by atoms with Gasteiger partial charge in [-0.1, -0.05) is 35.6 Å². The second-order valence-corrected chi connectivity index (χ2v) is 9.51. The summed E-state index contributed by atoms with van der Waals surface area (Å²) in [4.78, 5) is 48.5. The molecule has 188 valence electrons. The van der Waals surface area contributed by atoms with E-state index in [4.69, 9.17) is 10.6 Å². The van der Waals surface area contributed by atoms with Crippen LogP contribution in [-0.4, -0.2) is 88.2 Å². The molecule has 1 fully saturated rings. The van der Waals surface area contributed by atoms with E-state index in [0.29, 0.717) is 16.5 Å². The summed E-state index contributed by atoms with van der Waals surface area (Å²) in [5.41, 5.74) is 6.15. The van der Waals surface area contributed by atoms with Crippen molar-refractivity contribution in [1.29, 1.82) is 0 Å². The molecule has 0 aromatic carbocycles. The van der Waals surface area contributed by atoms with Crippen molar-refractivity contribution in [2.75, 3.05) is 23.8 Å². The van der Waals surface area contributed by atoms with Gasteiger partial charge < -0.3 is 21.0 Å². The van der Waals surface area contributed by atoms with Crippen LogP contribution in [0.15, 0.2) is 52.4 Å². The second kappa shape index (κ2) is 10.8. The van der Waals surface area contributed by atoms with Gasteiger partial charge in [-0.15, -0.1) is 16.9 Å². The largest absolute Gasteiger partial charge is 0.477 e. The molecule has 0 aliphatic carbocycles. The number of nitrogens with one attached hydrogen (secondary N) is 1. The number of carbonyl (C=O) groups is 3. The topological polar surface area (TPSA) is 191 Å². The Morgan fingerprint density at radius 3 is 2.94 bits per heavy atom. The van der Waals surface area contributed by atoms with Crippen molar-refractivity contribution in [3.05, 3.63) is 47.8 Å². The number of aryl methyl sites for hydroxylation is 1. The minimum absolute atomic E-state index is 0.0473. The fourth-order valence-electron chi connectivity index (χ4n) is 3.44. The molecule has 0 radical (unpaired) electrons. The Morgan fingerprint density at radius 1 is 1.47 bits per heavy atom. The smallest absolute Gasteiger partial charge is 0.352 e. The number of tetrazole rings is 1. The number of β-lactam (4-membered cyclic amide) rings is 1. The van der Waals surface area contributed by atoms with Crippen molar-refractivity contribution in [2.45, 2.75) is 16.6 Å². The molecule has 2 aliphatic heterocycles. The number of aromatic nitrogens is 5. The van der Waals surface area contributed by atoms with Crippen LogP contribution < -0.4 is 11.1 Å². The van der Waals surface area contributed by atoms with Gasteiger partial charge in [-0.05, 0) is 28.1 Å². The molecule has 2 atom stereocenters. The van der Waals surface area contributed by atoms with E-state index < -0.39 is 29.2 Å². The van der Waals surface area contributed by atoms with E-state index in [2.05, 4.69) is 37.6 Å². The molecule has 16 heteroatoms. The summed E-state index contributed by atoms with van der Waals surface area (Å²) in [5.74, 6) is -1.69. The van der Waals surface area contributed by atoms with E-state index in [0.717, 1.165) is 0 Å². The number of carboxylic acid groups (broad SMARTS) is 1. The molecule has 0 bridgehead atoms. The van der Waals surface area contributed by atoms with Crippen LogP contribution in [0, 0.1) is 0 Å². The lowest BCUT2D eigenvalue weighted by Crippen LogP contribution is -2.71. The molecule has 4 heterocycles. The van der Waals surface area contributed by atoms with Crippen LogP contribution in [0.1, 0.15) is 5.69 Å². The second-order valence-electron chi connectivity index (χ2n) is 7.46. The number of nitrogen functional groups attached to an aromatic ring is 1. The first kappa shape index (κ1) is 25.2. The zero-order valence-corrected chi connectivity index (χ0v) is 20.5. The van der Waals surface area contributed by atoms with Gasteiger partial charge in [0.15, 0.2) is 5.71 Å². The Bertz CT molecular complexity index is 1280. The quantitative estimate of drug-likeness (QED) is 0.0901. The van der Waals surface area contributed by atoms with E-state index in [1.54, 1.807) is 19.2 Å². The van der Waals surface area contributed by atoms with Gasteiger partial charge in [-0.25, -0.2) is 14.5 Å². The molecule has 2 aromatic heterocycles. The maximum Gasteiger partial charge on any atom is 0.352 e. The number of anilines is 1. The van der Waals surface area contributed by atoms with Crippen LogP contribution >= 0.6 is 23.5 Å². The molecule has 2 aliphatic rings. The van der Waals surface area contributed by atoms with Gasteiger partial charge in [0.1, 0.15) is 35.2 Å². The molecule has 0 saturated carbocycles. The molecule has 4 rings (SSSR count). The third kappa shape index (κ3) is 5.03. The normalized spacial score (nSPS) is 19.4. The van der Waals surface area contributed by atoms with Crippen molar-refractivity contribution < 1.29 is 24.3 Å². The highest BCUT2D eigenvalue weighted by Gasteiger charge is 2.54. The van der Waals surface area contributed by atoms with Gasteiger partial charge in [-0.2, -0.15) is 0 Å². The first-order valence-electron chi connectivity index (χ1n) is 10.4. The predicted octanol–water partition coefficient (Wildman–Crippen LogP) is -0.375. The highest BCUT2D eigenvalue weighted by Crippen LogP contribution is 2.41. The van der Waals surface area contributed by atoms with E-state index in [1.807, 2.05) is 0 Å². The van der Waals surface area contributed by atoms with Crippen molar-refractivity contribution >= 4 is 52.8 Å². The number of hydrogen-bond donors (Lipinski definition) is 3. The molecular formula is C20H21N9O5S2. The number of thioether (sulfide) groups is 2. The van der Waals surface area contributed by atoms with E-state index >= 15 is 0 Å². The molecule has 1 unspecified atom stereocenters. The minimum atomic E-state index is -1.23. The third-order valence-corrected chi connectivity index (χ3v) is 7.51. The molecule has 2 aromatic rings. The summed E-state index contributed by atoms with van der Waals surface area (Å²) >= 11 is 2.61. The maximum atomic E-state index is 13.1. The number of carbonyl (C=O) groups excluding carboxylic acids is 2. The number of oxime groups is 1. The Labute approximate surface area is 213 Å². The molecule has 14 nitrogen and oxygen atoms in total. The number of fused-ring (bicyclic) bond motifs is 1. The van der Waals surface area contributed by atoms with E-state index in [-0.39, 0.29) is 35.3 Å². The standard InChI is InChI=1S/C20H21N9O5S2/c1-3-7-34-25-13(11-5-4-6-12(21)22-11)16(30)23-14-17(31)29-15(19(32)33)10(8-35-18(14)29)9-36-20-24-26-27-28(20)2/h3-6,14,18H,1,7-9H2,2H3,(H2,21,22)(H,23,30)(H,32,33)/b25-13-/t14?,18-/m1/s1. The minimum Gasteiger partial charge on any atom is -0.477 e. The van der Waals surface area contributed by atoms with E-state index in [1.165, 1.54) is 45.2 Å². The number of hydrogen-bond acceptors (Lipinski definition) is 12. The third-order valence-electron chi connectivity index (χ3n) is 5.07. The number of amides is 2. The molecule has 1 saturated heterocycles. The predicted molar refractivity (Wildman–Crippen MR) is 131 cm³/mol. The average Bonchev–Trinajstić information content (AvgIpc) is 3.27. The van der Waals surface area contributed by atoms with Crippen molar-refractivity contribution in [3.8, 4) is 0 Å². The van der Waals surface area contributed by atoms with Gasteiger partial charge >= 0.3 is 5.97 Å². The summed E-state index contributed by atoms with van der Waals surface area (Å²) in [5, 5.41) is 27.4. The first-order chi connectivity index (χ1) is 17.3. The van der Waals surface area contributed by atoms with Crippen molar-refractivity contribution in [1.82, 2.24) is 35.4 Å². The molecular weight excluding hydrogens is 510 g/mol. The van der Waals surface area contributed by atoms with Crippen molar-refractivity contribution in [3.63, 3.8) is 0 Å². The lowest BCUT2D eigenvalue weighted by atomic mass is 10.0. The molecule has 36 heavy (non-hydrogen) atoms. The fraction of sp³-hybridized carbons (Fsp3) is 0.300. The molecule has 4 N–H and O–H groups in total. The summed E-state index contributed by atoms with van der Waals surface area (Å²) in [6.07, 6.45) is 1.45. The lowest BCUT2D eigenvalue weighted by Gasteiger charge is -2.49. The number of pyridine rings is 1. The Hall–Kier alpha value is -3.92. The summed E-state index contributed by atoms with van der Waals surface area (Å²) in [6.45, 7) is 3.57. The van der Waals surface area contributed by atoms with Gasteiger partial charge in [-0.3, -0.25) is 14.5 Å². The number of carboxylic acids is 1. The highest BCUT2D eigenvalue weighted by atomic mass is 32.2. The zero-order chi connectivity index (χ0) is 25.8. The van der Waals surface area contributed by atoms with Crippen LogP contribution in [0.2, 0.25) is 0 Å². The van der Waals surface area contributed by atoms with Gasteiger partial charge in [0.05, 0.1) is 0 Å². The van der Waals surface area contributed by atoms with Crippen LogP contribution in [0.3, 0.4) is 0 Å². The SMILES string of the molecule is C=CCO/N=C(\C(=O)NC1C(=O)N2C(C(=O)O)=C(CSc3nnnn3C)CS[C@H]12)c1cccc(N)n1. The van der Waals surface area contributed by atoms with Crippen LogP contribution in [0.5, 0.6) is 0 Å². The summed E-state index contributed by atoms with van der Waals surface area (Å²) in [6, 6.07) is 3.71. The Kier molecular flexibility index (Phi) is 7.54. The highest BCUT2D eigenvalue weighted by molar-refractivity contribution is 8.01. The number of nitrogens with zero attached hydrogens (tertiary/aromatic N) is 7. The zero-order valence-electron chi connectivity index (χ0n) is 18.9. The van der Waals surface area contributed by atoms with Gasteiger partial charge in [0.25, 0.3) is 11.8 Å². The van der Waals surface area contributed by atoms with Crippen LogP contribution in [-0.2, 0) is 26.3 Å². The Balaban J connectivity index is 1.51. The van der Waals surface area contributed by atoms with Crippen molar-refractivity contribution in [2.24, 2.45) is 12.2 Å². The molecule has 0 spiro atoms. The summed E-state index contributed by atoms with van der Waals surface area (Å²) in [7, 11) is 1.67. The number of aliphatic carboxylic acids is 1. The molecule has 2 amide bonds. The average molecular weight is 532 g/mol. The number of rotatable bonds is 10. The van der Waals surface area contributed by atoms with E-state index in [9.17, 15) is 19.5 Å². The fourth-order valence-corrected chi connectivity index (χ4v) is 5.78. The first-order valence-corrected chi connectivity index (χ1v) is 12.4. The lowest BCUT2D eigenvalue weighted by molar-refractivity contribution is -0.150. The maximum absolute atomic E-state index is 13.1. The summed E-state index contributed by atoms with van der Waals surface area (Å²) < 4.78 is 1.47.